The number of carbonyl (C=O) groups is 1. The van der Waals surface area contributed by atoms with Gasteiger partial charge in [0.2, 0.25) is 0 Å². The molecule has 5 rings (SSSR count). The summed E-state index contributed by atoms with van der Waals surface area (Å²) in [6.07, 6.45) is 1.65. The minimum Gasteiger partial charge on any atom is -0.454 e. The monoisotopic (exact) mass is 503 g/mol. The Morgan fingerprint density at radius 1 is 0.919 bits per heavy atom. The topological polar surface area (TPSA) is 59.0 Å². The third kappa shape index (κ3) is 5.00. The van der Waals surface area contributed by atoms with E-state index in [-0.39, 0.29) is 36.6 Å². The van der Waals surface area contributed by atoms with Crippen LogP contribution in [0.4, 0.5) is 15.8 Å². The summed E-state index contributed by atoms with van der Waals surface area (Å²) in [5, 5.41) is 9.44. The summed E-state index contributed by atoms with van der Waals surface area (Å²) in [6, 6.07) is 22.8. The number of para-hydroxylation sites is 3. The van der Waals surface area contributed by atoms with Crippen molar-refractivity contribution in [1.82, 2.24) is 0 Å². The Bertz CT molecular complexity index is 1250. The number of benzene rings is 3. The highest BCUT2D eigenvalue weighted by Gasteiger charge is 2.48. The molecule has 0 spiro atoms. The first-order chi connectivity index (χ1) is 17.8. The zero-order chi connectivity index (χ0) is 26.2. The van der Waals surface area contributed by atoms with Gasteiger partial charge < -0.3 is 14.6 Å². The minimum atomic E-state index is -1.37. The zero-order valence-corrected chi connectivity index (χ0v) is 21.6. The van der Waals surface area contributed by atoms with Crippen LogP contribution >= 0.6 is 0 Å². The highest BCUT2D eigenvalue weighted by Crippen LogP contribution is 2.44. The fraction of sp³-hybridized carbons (Fsp3) is 0.387. The summed E-state index contributed by atoms with van der Waals surface area (Å²) in [5.41, 5.74) is 1.72. The van der Waals surface area contributed by atoms with Crippen molar-refractivity contribution in [2.75, 3.05) is 11.5 Å². The largest absolute Gasteiger partial charge is 0.454 e. The Labute approximate surface area is 217 Å². The number of halogens is 1. The Morgan fingerprint density at radius 2 is 1.59 bits per heavy atom. The predicted molar refractivity (Wildman–Crippen MR) is 142 cm³/mol. The van der Waals surface area contributed by atoms with Crippen molar-refractivity contribution >= 4 is 17.3 Å². The molecule has 2 aliphatic rings. The van der Waals surface area contributed by atoms with Crippen LogP contribution in [-0.4, -0.2) is 35.5 Å². The number of alkyl halides is 1. The van der Waals surface area contributed by atoms with Gasteiger partial charge in [-0.1, -0.05) is 43.3 Å². The van der Waals surface area contributed by atoms with Crippen LogP contribution in [0.3, 0.4) is 0 Å². The number of ether oxygens (including phenoxy) is 2. The summed E-state index contributed by atoms with van der Waals surface area (Å²) < 4.78 is 27.3. The Balaban J connectivity index is 1.34. The Morgan fingerprint density at radius 3 is 2.30 bits per heavy atom. The van der Waals surface area contributed by atoms with E-state index in [1.54, 1.807) is 24.8 Å². The quantitative estimate of drug-likeness (QED) is 0.383. The molecule has 1 fully saturated rings. The first kappa shape index (κ1) is 25.4. The molecule has 1 amide bonds. The highest BCUT2D eigenvalue weighted by atomic mass is 19.1. The van der Waals surface area contributed by atoms with Gasteiger partial charge >= 0.3 is 0 Å². The van der Waals surface area contributed by atoms with Crippen LogP contribution in [0.1, 0.15) is 49.5 Å². The van der Waals surface area contributed by atoms with Gasteiger partial charge in [0.05, 0.1) is 23.5 Å². The molecule has 0 unspecified atom stereocenters. The molecule has 6 heteroatoms. The second-order valence-electron chi connectivity index (χ2n) is 10.6. The number of nitrogens with zero attached hydrogens (tertiary/aromatic N) is 1. The summed E-state index contributed by atoms with van der Waals surface area (Å²) in [6.45, 7) is 5.26. The van der Waals surface area contributed by atoms with Gasteiger partial charge in [0.15, 0.2) is 5.75 Å². The van der Waals surface area contributed by atoms with Crippen LogP contribution in [0.5, 0.6) is 11.5 Å². The van der Waals surface area contributed by atoms with Crippen molar-refractivity contribution < 1.29 is 23.8 Å². The molecule has 0 radical (unpaired) electrons. The number of hydrogen-bond acceptors (Lipinski definition) is 4. The first-order valence-corrected chi connectivity index (χ1v) is 13.0. The van der Waals surface area contributed by atoms with E-state index in [9.17, 15) is 14.3 Å². The molecule has 3 aromatic carbocycles. The van der Waals surface area contributed by atoms with E-state index in [1.165, 1.54) is 0 Å². The van der Waals surface area contributed by atoms with Crippen molar-refractivity contribution in [3.8, 4) is 11.5 Å². The summed E-state index contributed by atoms with van der Waals surface area (Å²) >= 11 is 0. The number of carbonyl (C=O) groups excluding carboxylic acids is 1. The number of amides is 1. The lowest BCUT2D eigenvalue weighted by atomic mass is 9.77. The van der Waals surface area contributed by atoms with Gasteiger partial charge in [-0.2, -0.15) is 0 Å². The molecule has 0 saturated carbocycles. The third-order valence-corrected chi connectivity index (χ3v) is 7.67. The standard InChI is InChI=1S/C31H34FNO4/c1-20-25(36-28(18-19-34)29(20)31(2,3)32)17-14-21-12-15-22(16-13-21)33-24-9-5-7-11-27(24)37-26-10-6-4-8-23(26)30(33)35/h4-13,15-16,20,25,28-29,34H,14,17-19H2,1-3H3/t20-,25+,28-,29+/m1/s1. The molecule has 2 heterocycles. The second kappa shape index (κ2) is 10.3. The lowest BCUT2D eigenvalue weighted by Gasteiger charge is -2.30. The number of rotatable bonds is 7. The van der Waals surface area contributed by atoms with E-state index in [0.29, 0.717) is 29.2 Å². The molecular weight excluding hydrogens is 469 g/mol. The molecule has 0 aliphatic carbocycles. The van der Waals surface area contributed by atoms with E-state index in [1.807, 2.05) is 66.7 Å². The van der Waals surface area contributed by atoms with Crippen LogP contribution in [0.25, 0.3) is 0 Å². The molecular formula is C31H34FNO4. The van der Waals surface area contributed by atoms with Gasteiger partial charge in [-0.15, -0.1) is 0 Å². The van der Waals surface area contributed by atoms with E-state index in [4.69, 9.17) is 9.47 Å². The van der Waals surface area contributed by atoms with E-state index in [0.717, 1.165) is 24.1 Å². The van der Waals surface area contributed by atoms with E-state index < -0.39 is 5.67 Å². The fourth-order valence-corrected chi connectivity index (χ4v) is 5.96. The maximum atomic E-state index is 14.9. The number of hydrogen-bond donors (Lipinski definition) is 1. The maximum Gasteiger partial charge on any atom is 0.266 e. The predicted octanol–water partition coefficient (Wildman–Crippen LogP) is 6.85. The first-order valence-electron chi connectivity index (χ1n) is 13.0. The number of aliphatic hydroxyl groups excluding tert-OH is 1. The third-order valence-electron chi connectivity index (χ3n) is 7.67. The molecule has 0 aromatic heterocycles. The fourth-order valence-electron chi connectivity index (χ4n) is 5.96. The van der Waals surface area contributed by atoms with Crippen molar-refractivity contribution in [2.45, 2.75) is 57.9 Å². The molecule has 2 aliphatic heterocycles. The van der Waals surface area contributed by atoms with Gasteiger partial charge in [0, 0.05) is 18.2 Å². The van der Waals surface area contributed by atoms with Crippen LogP contribution in [0.2, 0.25) is 0 Å². The molecule has 3 aromatic rings. The minimum absolute atomic E-state index is 0.00792. The van der Waals surface area contributed by atoms with Gasteiger partial charge in [0.1, 0.15) is 11.4 Å². The Hall–Kier alpha value is -3.22. The average Bonchev–Trinajstić information content (AvgIpc) is 3.13. The molecule has 0 bridgehead atoms. The molecule has 5 nitrogen and oxygen atoms in total. The van der Waals surface area contributed by atoms with E-state index >= 15 is 0 Å². The van der Waals surface area contributed by atoms with E-state index in [2.05, 4.69) is 6.92 Å². The molecule has 1 N–H and O–H groups in total. The van der Waals surface area contributed by atoms with Crippen molar-refractivity contribution in [1.29, 1.82) is 0 Å². The normalized spacial score (nSPS) is 23.3. The number of aryl methyl sites for hydroxylation is 1. The van der Waals surface area contributed by atoms with Gasteiger partial charge in [-0.25, -0.2) is 4.39 Å². The number of fused-ring (bicyclic) bond motifs is 2. The molecule has 4 atom stereocenters. The SMILES string of the molecule is C[C@H]1[C@H](C(C)(C)F)[C@@H](CCO)O[C@H]1CCc1ccc(N2C(=O)c3ccccc3Oc3ccccc32)cc1. The summed E-state index contributed by atoms with van der Waals surface area (Å²) in [7, 11) is 0. The van der Waals surface area contributed by atoms with Crippen LogP contribution in [0.15, 0.2) is 72.8 Å². The van der Waals surface area contributed by atoms with Crippen LogP contribution < -0.4 is 9.64 Å². The lowest BCUT2D eigenvalue weighted by Crippen LogP contribution is -2.37. The van der Waals surface area contributed by atoms with Gasteiger partial charge in [-0.05, 0) is 81.0 Å². The van der Waals surface area contributed by atoms with Crippen LogP contribution in [0, 0.1) is 11.8 Å². The molecule has 37 heavy (non-hydrogen) atoms. The smallest absolute Gasteiger partial charge is 0.266 e. The highest BCUT2D eigenvalue weighted by molar-refractivity contribution is 6.14. The maximum absolute atomic E-state index is 14.9. The average molecular weight is 504 g/mol. The zero-order valence-electron chi connectivity index (χ0n) is 21.6. The lowest BCUT2D eigenvalue weighted by molar-refractivity contribution is -0.00839. The van der Waals surface area contributed by atoms with Crippen molar-refractivity contribution in [2.24, 2.45) is 11.8 Å². The van der Waals surface area contributed by atoms with Crippen molar-refractivity contribution in [3.05, 3.63) is 83.9 Å². The van der Waals surface area contributed by atoms with Crippen molar-refractivity contribution in [3.63, 3.8) is 0 Å². The summed E-state index contributed by atoms with van der Waals surface area (Å²) in [4.78, 5) is 15.3. The summed E-state index contributed by atoms with van der Waals surface area (Å²) in [5.74, 6) is 0.837. The van der Waals surface area contributed by atoms with Crippen LogP contribution in [-0.2, 0) is 11.2 Å². The Kier molecular flexibility index (Phi) is 7.06. The number of aliphatic hydroxyl groups is 1. The molecule has 194 valence electrons. The van der Waals surface area contributed by atoms with Gasteiger partial charge in [-0.3, -0.25) is 9.69 Å². The van der Waals surface area contributed by atoms with Gasteiger partial charge in [0.25, 0.3) is 5.91 Å². The number of anilines is 2. The molecule has 1 saturated heterocycles. The second-order valence-corrected chi connectivity index (χ2v) is 10.6.